The molecule has 1 aromatic rings. The Hall–Kier alpha value is -0.340. The molecule has 1 aliphatic rings. The van der Waals surface area contributed by atoms with Gasteiger partial charge >= 0.3 is 0 Å². The van der Waals surface area contributed by atoms with Gasteiger partial charge in [0.15, 0.2) is 0 Å². The molecule has 0 aliphatic carbocycles. The van der Waals surface area contributed by atoms with E-state index >= 15 is 0 Å². The number of alkyl halides is 1. The molecular weight excluding hydrogens is 214 g/mol. The lowest BCUT2D eigenvalue weighted by atomic mass is 10.0. The number of fused-ring (bicyclic) bond motifs is 1. The van der Waals surface area contributed by atoms with Crippen LogP contribution in [0.2, 0.25) is 0 Å². The van der Waals surface area contributed by atoms with Crippen molar-refractivity contribution in [2.24, 2.45) is 0 Å². The second kappa shape index (κ2) is 3.58. The van der Waals surface area contributed by atoms with Gasteiger partial charge in [-0.2, -0.15) is 0 Å². The lowest BCUT2D eigenvalue weighted by molar-refractivity contribution is 0.303. The highest BCUT2D eigenvalue weighted by molar-refractivity contribution is 9.09. The first-order valence-electron chi connectivity index (χ1n) is 4.25. The van der Waals surface area contributed by atoms with Crippen LogP contribution >= 0.6 is 15.9 Å². The maximum Gasteiger partial charge on any atom is 0.0545 e. The van der Waals surface area contributed by atoms with Crippen LogP contribution in [0.3, 0.4) is 0 Å². The SMILES string of the molecule is BrCN1CCc2ccccc2C1. The van der Waals surface area contributed by atoms with E-state index in [9.17, 15) is 0 Å². The van der Waals surface area contributed by atoms with E-state index in [1.165, 1.54) is 24.1 Å². The Morgan fingerprint density at radius 1 is 1.25 bits per heavy atom. The molecule has 0 N–H and O–H groups in total. The summed E-state index contributed by atoms with van der Waals surface area (Å²) >= 11 is 3.49. The van der Waals surface area contributed by atoms with Gasteiger partial charge in [0.25, 0.3) is 0 Å². The lowest BCUT2D eigenvalue weighted by Gasteiger charge is -2.26. The summed E-state index contributed by atoms with van der Waals surface area (Å²) in [5.41, 5.74) is 4.00. The molecule has 0 saturated carbocycles. The molecule has 0 radical (unpaired) electrons. The predicted molar refractivity (Wildman–Crippen MR) is 54.4 cm³/mol. The zero-order valence-corrected chi connectivity index (χ0v) is 8.55. The summed E-state index contributed by atoms with van der Waals surface area (Å²) in [7, 11) is 0. The van der Waals surface area contributed by atoms with Crippen molar-refractivity contribution in [1.82, 2.24) is 4.90 Å². The largest absolute Gasteiger partial charge is 0.289 e. The minimum absolute atomic E-state index is 0.987. The Morgan fingerprint density at radius 3 is 2.75 bits per heavy atom. The zero-order chi connectivity index (χ0) is 8.39. The van der Waals surface area contributed by atoms with Crippen LogP contribution in [0.1, 0.15) is 11.1 Å². The molecule has 0 amide bonds. The van der Waals surface area contributed by atoms with Crippen LogP contribution in [0.15, 0.2) is 24.3 Å². The van der Waals surface area contributed by atoms with Crippen LogP contribution < -0.4 is 0 Å². The van der Waals surface area contributed by atoms with Crippen LogP contribution in [-0.4, -0.2) is 16.9 Å². The summed E-state index contributed by atoms with van der Waals surface area (Å²) in [6, 6.07) is 8.71. The monoisotopic (exact) mass is 225 g/mol. The fraction of sp³-hybridized carbons (Fsp3) is 0.400. The molecule has 0 unspecified atom stereocenters. The summed E-state index contributed by atoms with van der Waals surface area (Å²) in [6.07, 6.45) is 1.20. The fourth-order valence-corrected chi connectivity index (χ4v) is 2.08. The summed E-state index contributed by atoms with van der Waals surface area (Å²) in [6.45, 7) is 2.28. The van der Waals surface area contributed by atoms with E-state index in [1.54, 1.807) is 0 Å². The van der Waals surface area contributed by atoms with Crippen molar-refractivity contribution >= 4 is 15.9 Å². The second-order valence-corrected chi connectivity index (χ2v) is 3.69. The molecule has 0 fully saturated rings. The van der Waals surface area contributed by atoms with Crippen molar-refractivity contribution in [3.63, 3.8) is 0 Å². The summed E-state index contributed by atoms with van der Waals surface area (Å²) in [4.78, 5) is 2.41. The molecule has 0 spiro atoms. The average Bonchev–Trinajstić information content (AvgIpc) is 2.17. The Morgan fingerprint density at radius 2 is 2.00 bits per heavy atom. The molecule has 2 heteroatoms. The number of halogens is 1. The first-order chi connectivity index (χ1) is 5.90. The predicted octanol–water partition coefficient (Wildman–Crippen LogP) is 2.40. The molecule has 1 heterocycles. The topological polar surface area (TPSA) is 3.24 Å². The van der Waals surface area contributed by atoms with E-state index < -0.39 is 0 Å². The van der Waals surface area contributed by atoms with Crippen LogP contribution in [0.5, 0.6) is 0 Å². The maximum atomic E-state index is 3.49. The molecule has 0 saturated heterocycles. The highest BCUT2D eigenvalue weighted by Crippen LogP contribution is 2.18. The van der Waals surface area contributed by atoms with E-state index in [2.05, 4.69) is 45.1 Å². The third-order valence-corrected chi connectivity index (χ3v) is 3.09. The summed E-state index contributed by atoms with van der Waals surface area (Å²) in [5.74, 6) is 0. The Labute approximate surface area is 81.5 Å². The van der Waals surface area contributed by atoms with Gasteiger partial charge < -0.3 is 0 Å². The number of rotatable bonds is 1. The maximum absolute atomic E-state index is 3.49. The minimum Gasteiger partial charge on any atom is -0.289 e. The first-order valence-corrected chi connectivity index (χ1v) is 5.37. The van der Waals surface area contributed by atoms with Crippen molar-refractivity contribution in [3.8, 4) is 0 Å². The van der Waals surface area contributed by atoms with Crippen LogP contribution in [0.25, 0.3) is 0 Å². The Kier molecular flexibility index (Phi) is 2.47. The van der Waals surface area contributed by atoms with Crippen molar-refractivity contribution in [1.29, 1.82) is 0 Å². The lowest BCUT2D eigenvalue weighted by Crippen LogP contribution is -2.28. The Balaban J connectivity index is 2.23. The number of hydrogen-bond donors (Lipinski definition) is 0. The smallest absolute Gasteiger partial charge is 0.0545 e. The standard InChI is InChI=1S/C10H12BrN/c11-8-12-6-5-9-3-1-2-4-10(9)7-12/h1-4H,5-8H2. The third kappa shape index (κ3) is 1.54. The van der Waals surface area contributed by atoms with Crippen molar-refractivity contribution < 1.29 is 0 Å². The van der Waals surface area contributed by atoms with E-state index in [0.29, 0.717) is 0 Å². The van der Waals surface area contributed by atoms with Gasteiger partial charge in [0, 0.05) is 13.1 Å². The van der Waals surface area contributed by atoms with Crippen LogP contribution in [0, 0.1) is 0 Å². The van der Waals surface area contributed by atoms with Gasteiger partial charge in [-0.1, -0.05) is 40.2 Å². The molecule has 1 aliphatic heterocycles. The molecule has 64 valence electrons. The van der Waals surface area contributed by atoms with Crippen molar-refractivity contribution in [3.05, 3.63) is 35.4 Å². The molecule has 0 bridgehead atoms. The van der Waals surface area contributed by atoms with Gasteiger partial charge in [0.05, 0.1) is 5.45 Å². The van der Waals surface area contributed by atoms with E-state index in [1.807, 2.05) is 0 Å². The van der Waals surface area contributed by atoms with Crippen LogP contribution in [0.4, 0.5) is 0 Å². The normalized spacial score (nSPS) is 17.4. The Bertz CT molecular complexity index is 272. The molecule has 1 nitrogen and oxygen atoms in total. The van der Waals surface area contributed by atoms with E-state index in [4.69, 9.17) is 0 Å². The molecule has 2 rings (SSSR count). The van der Waals surface area contributed by atoms with Gasteiger partial charge in [-0.3, -0.25) is 4.90 Å². The average molecular weight is 226 g/mol. The number of hydrogen-bond acceptors (Lipinski definition) is 1. The fourth-order valence-electron chi connectivity index (χ4n) is 1.66. The minimum atomic E-state index is 0.987. The van der Waals surface area contributed by atoms with E-state index in [0.717, 1.165) is 12.0 Å². The first kappa shape index (κ1) is 8.27. The van der Waals surface area contributed by atoms with Crippen molar-refractivity contribution in [2.75, 3.05) is 12.0 Å². The van der Waals surface area contributed by atoms with Gasteiger partial charge in [-0.25, -0.2) is 0 Å². The summed E-state index contributed by atoms with van der Waals surface area (Å²) < 4.78 is 0. The van der Waals surface area contributed by atoms with Gasteiger partial charge in [0.2, 0.25) is 0 Å². The van der Waals surface area contributed by atoms with Gasteiger partial charge in [0.1, 0.15) is 0 Å². The zero-order valence-electron chi connectivity index (χ0n) is 6.96. The molecule has 0 aromatic heterocycles. The van der Waals surface area contributed by atoms with Crippen LogP contribution in [-0.2, 0) is 13.0 Å². The third-order valence-electron chi connectivity index (χ3n) is 2.38. The highest BCUT2D eigenvalue weighted by Gasteiger charge is 2.13. The molecule has 1 aromatic carbocycles. The van der Waals surface area contributed by atoms with Gasteiger partial charge in [-0.15, -0.1) is 0 Å². The highest BCUT2D eigenvalue weighted by atomic mass is 79.9. The molecule has 0 atom stereocenters. The van der Waals surface area contributed by atoms with Crippen molar-refractivity contribution in [2.45, 2.75) is 13.0 Å². The quantitative estimate of drug-likeness (QED) is 0.525. The second-order valence-electron chi connectivity index (χ2n) is 3.19. The van der Waals surface area contributed by atoms with Gasteiger partial charge in [-0.05, 0) is 17.5 Å². The summed E-state index contributed by atoms with van der Waals surface area (Å²) in [5, 5.41) is 0. The molecule has 12 heavy (non-hydrogen) atoms. The van der Waals surface area contributed by atoms with E-state index in [-0.39, 0.29) is 0 Å². The molecular formula is C10H12BrN. The number of nitrogens with zero attached hydrogens (tertiary/aromatic N) is 1. The number of benzene rings is 1.